The van der Waals surface area contributed by atoms with Crippen molar-refractivity contribution >= 4 is 0 Å². The normalized spacial score (nSPS) is 11.6. The third-order valence-electron chi connectivity index (χ3n) is 2.79. The Hall–Kier alpha value is -1.84. The molecule has 0 atom stereocenters. The van der Waals surface area contributed by atoms with Crippen LogP contribution in [-0.2, 0) is 6.18 Å². The molecule has 94 valence electrons. The van der Waals surface area contributed by atoms with Gasteiger partial charge in [-0.2, -0.15) is 13.2 Å². The molecule has 0 amide bonds. The fraction of sp³-hybridized carbons (Fsp3) is 0.143. The topological polar surface area (TPSA) is 0 Å². The zero-order valence-electron chi connectivity index (χ0n) is 9.55. The van der Waals surface area contributed by atoms with Crippen molar-refractivity contribution in [3.63, 3.8) is 0 Å². The van der Waals surface area contributed by atoms with Gasteiger partial charge in [0, 0.05) is 0 Å². The minimum atomic E-state index is -4.37. The Kier molecular flexibility index (Phi) is 3.11. The zero-order chi connectivity index (χ0) is 13.3. The van der Waals surface area contributed by atoms with E-state index in [1.54, 1.807) is 6.07 Å². The van der Waals surface area contributed by atoms with Crippen molar-refractivity contribution in [2.24, 2.45) is 0 Å². The van der Waals surface area contributed by atoms with Crippen LogP contribution in [0.2, 0.25) is 0 Å². The van der Waals surface area contributed by atoms with Crippen molar-refractivity contribution in [1.29, 1.82) is 0 Å². The first kappa shape index (κ1) is 12.6. The minimum absolute atomic E-state index is 0.150. The van der Waals surface area contributed by atoms with Crippen LogP contribution in [0.5, 0.6) is 0 Å². The highest BCUT2D eigenvalue weighted by Crippen LogP contribution is 2.36. The van der Waals surface area contributed by atoms with Crippen molar-refractivity contribution in [2.75, 3.05) is 0 Å². The first-order chi connectivity index (χ1) is 8.39. The molecule has 0 nitrogen and oxygen atoms in total. The Bertz CT molecular complexity index is 553. The Balaban J connectivity index is 2.56. The molecule has 0 heterocycles. The molecule has 2 aromatic carbocycles. The van der Waals surface area contributed by atoms with Crippen LogP contribution in [0.3, 0.4) is 0 Å². The summed E-state index contributed by atoms with van der Waals surface area (Å²) in [5.41, 5.74) is 0.519. The number of hydrogen-bond acceptors (Lipinski definition) is 0. The first-order valence-corrected chi connectivity index (χ1v) is 5.32. The predicted octanol–water partition coefficient (Wildman–Crippen LogP) is 4.82. The summed E-state index contributed by atoms with van der Waals surface area (Å²) in [6.07, 6.45) is -4.37. The molecule has 18 heavy (non-hydrogen) atoms. The molecule has 4 heteroatoms. The molecule has 0 spiro atoms. The highest BCUT2D eigenvalue weighted by Gasteiger charge is 2.32. The molecule has 0 saturated carbocycles. The van der Waals surface area contributed by atoms with Gasteiger partial charge in [-0.3, -0.25) is 0 Å². The van der Waals surface area contributed by atoms with Crippen LogP contribution in [-0.4, -0.2) is 0 Å². The summed E-state index contributed by atoms with van der Waals surface area (Å²) in [6, 6.07) is 9.40. The minimum Gasteiger partial charge on any atom is -0.207 e. The second-order valence-electron chi connectivity index (χ2n) is 3.98. The molecule has 2 rings (SSSR count). The number of hydrogen-bond donors (Lipinski definition) is 0. The van der Waals surface area contributed by atoms with E-state index in [2.05, 4.69) is 0 Å². The molecular weight excluding hydrogens is 244 g/mol. The summed E-state index contributed by atoms with van der Waals surface area (Å²) in [5, 5.41) is 0. The van der Waals surface area contributed by atoms with Gasteiger partial charge in [-0.15, -0.1) is 0 Å². The third-order valence-corrected chi connectivity index (χ3v) is 2.79. The molecule has 0 bridgehead atoms. The van der Waals surface area contributed by atoms with Gasteiger partial charge in [0.1, 0.15) is 5.82 Å². The predicted molar refractivity (Wildman–Crippen MR) is 61.6 cm³/mol. The van der Waals surface area contributed by atoms with E-state index < -0.39 is 17.6 Å². The molecule has 0 unspecified atom stereocenters. The molecule has 2 aromatic rings. The summed E-state index contributed by atoms with van der Waals surface area (Å²) in [7, 11) is 0. The smallest absolute Gasteiger partial charge is 0.207 e. The van der Waals surface area contributed by atoms with Gasteiger partial charge < -0.3 is 0 Å². The lowest BCUT2D eigenvalue weighted by Crippen LogP contribution is -2.07. The molecule has 0 aliphatic carbocycles. The zero-order valence-corrected chi connectivity index (χ0v) is 9.55. The van der Waals surface area contributed by atoms with Crippen LogP contribution in [0.1, 0.15) is 11.1 Å². The van der Waals surface area contributed by atoms with Crippen molar-refractivity contribution in [3.8, 4) is 11.1 Å². The number of alkyl halides is 3. The Morgan fingerprint density at radius 3 is 2.06 bits per heavy atom. The standard InChI is InChI=1S/C14H10F4/c1-9-12(10-5-7-11(15)8-6-10)3-2-4-13(9)14(16,17)18/h2-8H,1H3. The molecule has 0 saturated heterocycles. The summed E-state index contributed by atoms with van der Waals surface area (Å²) in [4.78, 5) is 0. The van der Waals surface area contributed by atoms with Gasteiger partial charge in [0.2, 0.25) is 0 Å². The van der Waals surface area contributed by atoms with E-state index >= 15 is 0 Å². The fourth-order valence-electron chi connectivity index (χ4n) is 1.88. The van der Waals surface area contributed by atoms with Crippen molar-refractivity contribution in [3.05, 3.63) is 59.4 Å². The number of benzene rings is 2. The van der Waals surface area contributed by atoms with E-state index in [1.807, 2.05) is 0 Å². The maximum absolute atomic E-state index is 12.8. The quantitative estimate of drug-likeness (QED) is 0.640. The van der Waals surface area contributed by atoms with Gasteiger partial charge in [0.25, 0.3) is 0 Å². The largest absolute Gasteiger partial charge is 0.416 e. The average Bonchev–Trinajstić information content (AvgIpc) is 2.29. The Morgan fingerprint density at radius 1 is 0.889 bits per heavy atom. The molecule has 0 aliphatic heterocycles. The molecule has 0 radical (unpaired) electrons. The van der Waals surface area contributed by atoms with Crippen molar-refractivity contribution in [1.82, 2.24) is 0 Å². The monoisotopic (exact) mass is 254 g/mol. The Labute approximate surface area is 102 Å². The molecule has 0 N–H and O–H groups in total. The van der Waals surface area contributed by atoms with Gasteiger partial charge in [0.05, 0.1) is 5.56 Å². The second-order valence-corrected chi connectivity index (χ2v) is 3.98. The molecule has 0 aliphatic rings. The van der Waals surface area contributed by atoms with Gasteiger partial charge in [0.15, 0.2) is 0 Å². The van der Waals surface area contributed by atoms with E-state index in [-0.39, 0.29) is 5.56 Å². The maximum atomic E-state index is 12.8. The van der Waals surface area contributed by atoms with E-state index in [9.17, 15) is 17.6 Å². The maximum Gasteiger partial charge on any atom is 0.416 e. The van der Waals surface area contributed by atoms with Crippen LogP contribution in [0, 0.1) is 12.7 Å². The first-order valence-electron chi connectivity index (χ1n) is 5.32. The van der Waals surface area contributed by atoms with Gasteiger partial charge in [-0.1, -0.05) is 24.3 Å². The lowest BCUT2D eigenvalue weighted by atomic mass is 9.96. The molecule has 0 aromatic heterocycles. The van der Waals surface area contributed by atoms with Crippen molar-refractivity contribution < 1.29 is 17.6 Å². The van der Waals surface area contributed by atoms with Crippen LogP contribution >= 0.6 is 0 Å². The summed E-state index contributed by atoms with van der Waals surface area (Å²) in [6.45, 7) is 1.42. The molecular formula is C14H10F4. The van der Waals surface area contributed by atoms with Crippen LogP contribution in [0.4, 0.5) is 17.6 Å². The summed E-state index contributed by atoms with van der Waals surface area (Å²) < 4.78 is 51.0. The molecule has 0 fully saturated rings. The van der Waals surface area contributed by atoms with E-state index in [1.165, 1.54) is 37.3 Å². The van der Waals surface area contributed by atoms with Crippen molar-refractivity contribution in [2.45, 2.75) is 13.1 Å². The number of halogens is 4. The van der Waals surface area contributed by atoms with Gasteiger partial charge >= 0.3 is 6.18 Å². The SMILES string of the molecule is Cc1c(-c2ccc(F)cc2)cccc1C(F)(F)F. The average molecular weight is 254 g/mol. The number of rotatable bonds is 1. The van der Waals surface area contributed by atoms with Gasteiger partial charge in [-0.25, -0.2) is 4.39 Å². The van der Waals surface area contributed by atoms with Crippen LogP contribution < -0.4 is 0 Å². The van der Waals surface area contributed by atoms with Crippen LogP contribution in [0.15, 0.2) is 42.5 Å². The second kappa shape index (κ2) is 4.44. The lowest BCUT2D eigenvalue weighted by Gasteiger charge is -2.14. The van der Waals surface area contributed by atoms with E-state index in [4.69, 9.17) is 0 Å². The fourth-order valence-corrected chi connectivity index (χ4v) is 1.88. The Morgan fingerprint density at radius 2 is 1.50 bits per heavy atom. The highest BCUT2D eigenvalue weighted by atomic mass is 19.4. The van der Waals surface area contributed by atoms with E-state index in [0.717, 1.165) is 6.07 Å². The summed E-state index contributed by atoms with van der Waals surface area (Å²) >= 11 is 0. The van der Waals surface area contributed by atoms with Gasteiger partial charge in [-0.05, 0) is 41.8 Å². The summed E-state index contributed by atoms with van der Waals surface area (Å²) in [5.74, 6) is -0.414. The third kappa shape index (κ3) is 2.37. The van der Waals surface area contributed by atoms with E-state index in [0.29, 0.717) is 11.1 Å². The van der Waals surface area contributed by atoms with Crippen LogP contribution in [0.25, 0.3) is 11.1 Å². The lowest BCUT2D eigenvalue weighted by molar-refractivity contribution is -0.138. The highest BCUT2D eigenvalue weighted by molar-refractivity contribution is 5.68.